The molecule has 1 heterocycles. The second kappa shape index (κ2) is 4.37. The van der Waals surface area contributed by atoms with Crippen LogP contribution in [-0.2, 0) is 6.54 Å². The third-order valence-electron chi connectivity index (χ3n) is 2.43. The molecule has 0 atom stereocenters. The SMILES string of the molecule is CCn1cc(C(=O)[O-])c(-c2ccccc2F)n1. The lowest BCUT2D eigenvalue weighted by Gasteiger charge is -2.03. The molecule has 0 saturated carbocycles. The van der Waals surface area contributed by atoms with Crippen LogP contribution >= 0.6 is 0 Å². The highest BCUT2D eigenvalue weighted by molar-refractivity contribution is 5.93. The molecule has 0 bridgehead atoms. The zero-order valence-electron chi connectivity index (χ0n) is 9.18. The summed E-state index contributed by atoms with van der Waals surface area (Å²) in [4.78, 5) is 10.9. The quantitative estimate of drug-likeness (QED) is 0.796. The van der Waals surface area contributed by atoms with E-state index < -0.39 is 11.8 Å². The van der Waals surface area contributed by atoms with Crippen LogP contribution < -0.4 is 5.11 Å². The molecule has 0 N–H and O–H groups in total. The number of aryl methyl sites for hydroxylation is 1. The van der Waals surface area contributed by atoms with Gasteiger partial charge in [-0.1, -0.05) is 12.1 Å². The van der Waals surface area contributed by atoms with Gasteiger partial charge >= 0.3 is 0 Å². The molecule has 0 unspecified atom stereocenters. The van der Waals surface area contributed by atoms with E-state index in [0.717, 1.165) is 0 Å². The fourth-order valence-electron chi connectivity index (χ4n) is 1.58. The van der Waals surface area contributed by atoms with Crippen LogP contribution in [0.4, 0.5) is 4.39 Å². The number of carbonyl (C=O) groups excluding carboxylic acids is 1. The molecule has 0 aliphatic heterocycles. The van der Waals surface area contributed by atoms with Crippen molar-refractivity contribution in [3.05, 3.63) is 41.8 Å². The van der Waals surface area contributed by atoms with Gasteiger partial charge in [0.1, 0.15) is 11.5 Å². The van der Waals surface area contributed by atoms with Crippen LogP contribution in [0.25, 0.3) is 11.3 Å². The Bertz CT molecular complexity index is 563. The molecule has 2 aromatic rings. The first-order valence-corrected chi connectivity index (χ1v) is 5.17. The van der Waals surface area contributed by atoms with E-state index in [2.05, 4.69) is 5.10 Å². The first-order chi connectivity index (χ1) is 8.13. The Morgan fingerprint density at radius 1 is 1.47 bits per heavy atom. The van der Waals surface area contributed by atoms with Gasteiger partial charge in [0.2, 0.25) is 0 Å². The molecule has 4 nitrogen and oxygen atoms in total. The third-order valence-corrected chi connectivity index (χ3v) is 2.43. The van der Waals surface area contributed by atoms with Crippen LogP contribution in [0.3, 0.4) is 0 Å². The normalized spacial score (nSPS) is 10.5. The molecule has 0 fully saturated rings. The zero-order chi connectivity index (χ0) is 12.4. The number of rotatable bonds is 3. The molecular formula is C12H10FN2O2-. The van der Waals surface area contributed by atoms with Crippen molar-refractivity contribution in [2.75, 3.05) is 0 Å². The number of aromatic carboxylic acids is 1. The average Bonchev–Trinajstić information content (AvgIpc) is 2.73. The van der Waals surface area contributed by atoms with E-state index in [4.69, 9.17) is 0 Å². The summed E-state index contributed by atoms with van der Waals surface area (Å²) in [5.74, 6) is -1.86. The number of carbonyl (C=O) groups is 1. The van der Waals surface area contributed by atoms with E-state index in [9.17, 15) is 14.3 Å². The second-order valence-corrected chi connectivity index (χ2v) is 3.51. The van der Waals surface area contributed by atoms with E-state index >= 15 is 0 Å². The number of carboxylic acids is 1. The molecule has 0 aliphatic rings. The molecule has 88 valence electrons. The summed E-state index contributed by atoms with van der Waals surface area (Å²) in [5, 5.41) is 15.0. The number of hydrogen-bond acceptors (Lipinski definition) is 3. The molecule has 0 radical (unpaired) electrons. The number of hydrogen-bond donors (Lipinski definition) is 0. The van der Waals surface area contributed by atoms with Crippen molar-refractivity contribution in [1.82, 2.24) is 9.78 Å². The van der Waals surface area contributed by atoms with Crippen LogP contribution in [0.5, 0.6) is 0 Å². The van der Waals surface area contributed by atoms with Gasteiger partial charge in [0.25, 0.3) is 0 Å². The highest BCUT2D eigenvalue weighted by Gasteiger charge is 2.14. The van der Waals surface area contributed by atoms with Crippen LogP contribution in [0.1, 0.15) is 17.3 Å². The number of carboxylic acid groups (broad SMARTS) is 1. The van der Waals surface area contributed by atoms with Crippen molar-refractivity contribution in [2.24, 2.45) is 0 Å². The number of halogens is 1. The zero-order valence-corrected chi connectivity index (χ0v) is 9.18. The van der Waals surface area contributed by atoms with Crippen LogP contribution in [0.2, 0.25) is 0 Å². The van der Waals surface area contributed by atoms with Gasteiger partial charge < -0.3 is 9.90 Å². The molecule has 0 spiro atoms. The Labute approximate surface area is 97.3 Å². The standard InChI is InChI=1S/C12H11FN2O2/c1-2-15-7-9(12(16)17)11(14-15)8-5-3-4-6-10(8)13/h3-7H,2H2,1H3,(H,16,17)/p-1. The van der Waals surface area contributed by atoms with Crippen LogP contribution in [0.15, 0.2) is 30.5 Å². The van der Waals surface area contributed by atoms with Gasteiger partial charge in [0, 0.05) is 23.9 Å². The van der Waals surface area contributed by atoms with E-state index in [1.165, 1.54) is 29.1 Å². The van der Waals surface area contributed by atoms with Crippen molar-refractivity contribution in [1.29, 1.82) is 0 Å². The summed E-state index contributed by atoms with van der Waals surface area (Å²) >= 11 is 0. The minimum atomic E-state index is -1.36. The maximum atomic E-state index is 13.6. The van der Waals surface area contributed by atoms with Crippen molar-refractivity contribution < 1.29 is 14.3 Å². The third kappa shape index (κ3) is 2.04. The Balaban J connectivity index is 2.62. The van der Waals surface area contributed by atoms with Crippen LogP contribution in [0, 0.1) is 5.82 Å². The summed E-state index contributed by atoms with van der Waals surface area (Å²) in [7, 11) is 0. The lowest BCUT2D eigenvalue weighted by atomic mass is 10.1. The predicted octanol–water partition coefficient (Wildman–Crippen LogP) is 1.07. The highest BCUT2D eigenvalue weighted by Crippen LogP contribution is 2.24. The maximum absolute atomic E-state index is 13.6. The first-order valence-electron chi connectivity index (χ1n) is 5.17. The van der Waals surface area contributed by atoms with E-state index in [1.807, 2.05) is 6.92 Å². The molecule has 1 aromatic carbocycles. The fraction of sp³-hybridized carbons (Fsp3) is 0.167. The Morgan fingerprint density at radius 3 is 2.76 bits per heavy atom. The molecule has 5 heteroatoms. The van der Waals surface area contributed by atoms with E-state index in [0.29, 0.717) is 6.54 Å². The average molecular weight is 233 g/mol. The number of benzene rings is 1. The van der Waals surface area contributed by atoms with E-state index in [-0.39, 0.29) is 16.8 Å². The Hall–Kier alpha value is -2.17. The first kappa shape index (κ1) is 11.3. The lowest BCUT2D eigenvalue weighted by Crippen LogP contribution is -2.22. The Morgan fingerprint density at radius 2 is 2.18 bits per heavy atom. The maximum Gasteiger partial charge on any atom is 0.132 e. The van der Waals surface area contributed by atoms with Gasteiger partial charge in [-0.2, -0.15) is 5.10 Å². The van der Waals surface area contributed by atoms with Gasteiger partial charge in [0.15, 0.2) is 0 Å². The van der Waals surface area contributed by atoms with Gasteiger partial charge in [-0.15, -0.1) is 0 Å². The number of aromatic nitrogens is 2. The minimum Gasteiger partial charge on any atom is -0.545 e. The molecule has 0 amide bonds. The monoisotopic (exact) mass is 233 g/mol. The molecular weight excluding hydrogens is 223 g/mol. The summed E-state index contributed by atoms with van der Waals surface area (Å²) in [5.41, 5.74) is 0.167. The number of nitrogens with zero attached hydrogens (tertiary/aromatic N) is 2. The Kier molecular flexibility index (Phi) is 2.91. The second-order valence-electron chi connectivity index (χ2n) is 3.51. The molecule has 1 aromatic heterocycles. The topological polar surface area (TPSA) is 58.0 Å². The van der Waals surface area contributed by atoms with Gasteiger partial charge in [0.05, 0.1) is 5.97 Å². The van der Waals surface area contributed by atoms with Crippen LogP contribution in [-0.4, -0.2) is 15.7 Å². The molecule has 0 aliphatic carbocycles. The van der Waals surface area contributed by atoms with Gasteiger partial charge in [-0.05, 0) is 19.1 Å². The van der Waals surface area contributed by atoms with Crippen molar-refractivity contribution >= 4 is 5.97 Å². The summed E-state index contributed by atoms with van der Waals surface area (Å²) in [6, 6.07) is 5.92. The van der Waals surface area contributed by atoms with Crippen molar-refractivity contribution in [2.45, 2.75) is 13.5 Å². The van der Waals surface area contributed by atoms with Crippen molar-refractivity contribution in [3.8, 4) is 11.3 Å². The lowest BCUT2D eigenvalue weighted by molar-refractivity contribution is -0.254. The summed E-state index contributed by atoms with van der Waals surface area (Å²) in [6.07, 6.45) is 1.34. The van der Waals surface area contributed by atoms with Gasteiger partial charge in [-0.3, -0.25) is 4.68 Å². The molecule has 0 saturated heterocycles. The summed E-state index contributed by atoms with van der Waals surface area (Å²) < 4.78 is 15.0. The summed E-state index contributed by atoms with van der Waals surface area (Å²) in [6.45, 7) is 2.33. The largest absolute Gasteiger partial charge is 0.545 e. The fourth-order valence-corrected chi connectivity index (χ4v) is 1.58. The smallest absolute Gasteiger partial charge is 0.132 e. The van der Waals surface area contributed by atoms with Crippen molar-refractivity contribution in [3.63, 3.8) is 0 Å². The van der Waals surface area contributed by atoms with E-state index in [1.54, 1.807) is 6.07 Å². The predicted molar refractivity (Wildman–Crippen MR) is 57.6 cm³/mol. The van der Waals surface area contributed by atoms with Gasteiger partial charge in [-0.25, -0.2) is 4.39 Å². The molecule has 17 heavy (non-hydrogen) atoms. The minimum absolute atomic E-state index is 0.100. The highest BCUT2D eigenvalue weighted by atomic mass is 19.1. The molecule has 2 rings (SSSR count).